The number of allylic oxidation sites excluding steroid dienone is 1. The van der Waals surface area contributed by atoms with E-state index in [1.54, 1.807) is 0 Å². The van der Waals surface area contributed by atoms with Crippen LogP contribution in [0.4, 0.5) is 0 Å². The van der Waals surface area contributed by atoms with Gasteiger partial charge in [0, 0.05) is 6.42 Å². The lowest BCUT2D eigenvalue weighted by atomic mass is 10.1. The van der Waals surface area contributed by atoms with Crippen LogP contribution in [0, 0.1) is 0 Å². The quantitative estimate of drug-likeness (QED) is 0.0511. The van der Waals surface area contributed by atoms with Crippen LogP contribution >= 0.6 is 0 Å². The van der Waals surface area contributed by atoms with Crippen molar-refractivity contribution in [2.75, 3.05) is 26.6 Å². The third kappa shape index (κ3) is 26.5. The summed E-state index contributed by atoms with van der Waals surface area (Å²) >= 11 is 0. The third-order valence-corrected chi connectivity index (χ3v) is 6.91. The summed E-state index contributed by atoms with van der Waals surface area (Å²) in [6, 6.07) is 0. The van der Waals surface area contributed by atoms with Gasteiger partial charge in [-0.25, -0.2) is 0 Å². The molecular weight excluding hydrogens is 460 g/mol. The molecule has 0 radical (unpaired) electrons. The van der Waals surface area contributed by atoms with Gasteiger partial charge in [0.05, 0.1) is 19.8 Å². The molecule has 0 bridgehead atoms. The van der Waals surface area contributed by atoms with Gasteiger partial charge in [0.15, 0.2) is 12.6 Å². The number of ether oxygens (including phenoxy) is 4. The molecule has 0 aliphatic carbocycles. The van der Waals surface area contributed by atoms with Crippen molar-refractivity contribution >= 4 is 0 Å². The molecule has 4 heteroatoms. The Morgan fingerprint density at radius 1 is 0.378 bits per heavy atom. The number of unbranched alkanes of at least 4 members (excludes halogenated alkanes) is 18. The number of rotatable bonds is 31. The first-order valence-corrected chi connectivity index (χ1v) is 16.5. The summed E-state index contributed by atoms with van der Waals surface area (Å²) in [7, 11) is 0. The van der Waals surface area contributed by atoms with Crippen LogP contribution in [0.2, 0.25) is 0 Å². The van der Waals surface area contributed by atoms with Gasteiger partial charge in [0.25, 0.3) is 0 Å². The summed E-state index contributed by atoms with van der Waals surface area (Å²) in [5, 5.41) is 0. The Labute approximate surface area is 232 Å². The topological polar surface area (TPSA) is 36.9 Å². The molecular formula is C33H66O4. The maximum atomic E-state index is 6.30. The van der Waals surface area contributed by atoms with Gasteiger partial charge in [-0.05, 0) is 25.7 Å². The van der Waals surface area contributed by atoms with Crippen LogP contribution in [-0.2, 0) is 18.9 Å². The van der Waals surface area contributed by atoms with Crippen molar-refractivity contribution < 1.29 is 18.9 Å². The Balaban J connectivity index is 4.65. The van der Waals surface area contributed by atoms with Crippen molar-refractivity contribution in [3.05, 3.63) is 11.7 Å². The van der Waals surface area contributed by atoms with Crippen LogP contribution in [0.1, 0.15) is 175 Å². The van der Waals surface area contributed by atoms with E-state index in [1.807, 2.05) is 0 Å². The van der Waals surface area contributed by atoms with Gasteiger partial charge >= 0.3 is 5.95 Å². The van der Waals surface area contributed by atoms with Gasteiger partial charge in [-0.2, -0.15) is 0 Å². The molecule has 0 spiro atoms. The number of hydrogen-bond donors (Lipinski definition) is 0. The maximum Gasteiger partial charge on any atom is 0.321 e. The molecule has 0 aromatic carbocycles. The molecule has 0 aromatic rings. The standard InChI is InChI=1S/C33H66O4/c1-5-9-13-15-17-19-21-25-29-35-32(27-23-11-7-3)33(37-31-34-28-24-12-8-4)36-30-26-22-20-18-16-14-10-6-2/h5-31H2,1-4H3. The Bertz CT molecular complexity index is 463. The lowest BCUT2D eigenvalue weighted by molar-refractivity contribution is -0.0845. The van der Waals surface area contributed by atoms with Crippen molar-refractivity contribution in [1.82, 2.24) is 0 Å². The SMILES string of the molecule is CCCCCCCCCCOC(CCCCC)=C(OCCCCCCCCCC)OCOCCCCC. The van der Waals surface area contributed by atoms with E-state index in [0.717, 1.165) is 51.1 Å². The van der Waals surface area contributed by atoms with Crippen LogP contribution in [0.5, 0.6) is 0 Å². The van der Waals surface area contributed by atoms with Crippen molar-refractivity contribution in [1.29, 1.82) is 0 Å². The van der Waals surface area contributed by atoms with E-state index in [-0.39, 0.29) is 6.79 Å². The molecule has 37 heavy (non-hydrogen) atoms. The molecule has 0 rings (SSSR count). The van der Waals surface area contributed by atoms with E-state index < -0.39 is 0 Å². The average Bonchev–Trinajstić information content (AvgIpc) is 2.91. The van der Waals surface area contributed by atoms with Gasteiger partial charge in [0.2, 0.25) is 0 Å². The zero-order valence-electron chi connectivity index (χ0n) is 25.7. The molecule has 0 aliphatic rings. The Morgan fingerprint density at radius 2 is 0.784 bits per heavy atom. The molecule has 0 saturated carbocycles. The van der Waals surface area contributed by atoms with E-state index in [9.17, 15) is 0 Å². The van der Waals surface area contributed by atoms with E-state index in [4.69, 9.17) is 18.9 Å². The predicted octanol–water partition coefficient (Wildman–Crippen LogP) is 11.2. The van der Waals surface area contributed by atoms with E-state index >= 15 is 0 Å². The fraction of sp³-hybridized carbons (Fsp3) is 0.939. The minimum Gasteiger partial charge on any atom is -0.491 e. The summed E-state index contributed by atoms with van der Waals surface area (Å²) in [6.07, 6.45) is 28.7. The first-order chi connectivity index (χ1) is 18.3. The maximum absolute atomic E-state index is 6.30. The molecule has 0 heterocycles. The van der Waals surface area contributed by atoms with Crippen molar-refractivity contribution in [3.8, 4) is 0 Å². The van der Waals surface area contributed by atoms with Crippen molar-refractivity contribution in [3.63, 3.8) is 0 Å². The second kappa shape index (κ2) is 31.3. The van der Waals surface area contributed by atoms with E-state index in [2.05, 4.69) is 27.7 Å². The Hall–Kier alpha value is -0.900. The molecule has 0 N–H and O–H groups in total. The highest BCUT2D eigenvalue weighted by atomic mass is 16.7. The molecule has 0 fully saturated rings. The molecule has 0 amide bonds. The smallest absolute Gasteiger partial charge is 0.321 e. The molecule has 0 atom stereocenters. The van der Waals surface area contributed by atoms with Gasteiger partial charge < -0.3 is 18.9 Å². The van der Waals surface area contributed by atoms with E-state index in [0.29, 0.717) is 12.6 Å². The molecule has 0 aliphatic heterocycles. The summed E-state index contributed by atoms with van der Waals surface area (Å²) in [5.41, 5.74) is 0. The second-order valence-electron chi connectivity index (χ2n) is 10.7. The second-order valence-corrected chi connectivity index (χ2v) is 10.7. The largest absolute Gasteiger partial charge is 0.491 e. The number of hydrogen-bond acceptors (Lipinski definition) is 4. The predicted molar refractivity (Wildman–Crippen MR) is 160 cm³/mol. The molecule has 0 saturated heterocycles. The molecule has 222 valence electrons. The van der Waals surface area contributed by atoms with Crippen LogP contribution in [0.25, 0.3) is 0 Å². The van der Waals surface area contributed by atoms with Crippen LogP contribution in [-0.4, -0.2) is 26.6 Å². The molecule has 0 aromatic heterocycles. The lowest BCUT2D eigenvalue weighted by Gasteiger charge is -2.18. The summed E-state index contributed by atoms with van der Waals surface area (Å²) < 4.78 is 24.3. The first-order valence-electron chi connectivity index (χ1n) is 16.5. The summed E-state index contributed by atoms with van der Waals surface area (Å²) in [6.45, 7) is 11.4. The van der Waals surface area contributed by atoms with Crippen molar-refractivity contribution in [2.45, 2.75) is 175 Å². The van der Waals surface area contributed by atoms with E-state index in [1.165, 1.54) is 116 Å². The third-order valence-electron chi connectivity index (χ3n) is 6.91. The highest BCUT2D eigenvalue weighted by Gasteiger charge is 2.13. The molecule has 4 nitrogen and oxygen atoms in total. The van der Waals surface area contributed by atoms with Gasteiger partial charge in [-0.1, -0.05) is 143 Å². The minimum atomic E-state index is 0.245. The van der Waals surface area contributed by atoms with Gasteiger partial charge in [0.1, 0.15) is 0 Å². The zero-order chi connectivity index (χ0) is 27.1. The Kier molecular flexibility index (Phi) is 30.6. The van der Waals surface area contributed by atoms with Crippen LogP contribution < -0.4 is 0 Å². The summed E-state index contributed by atoms with van der Waals surface area (Å²) in [5.74, 6) is 1.47. The fourth-order valence-electron chi connectivity index (χ4n) is 4.41. The summed E-state index contributed by atoms with van der Waals surface area (Å²) in [4.78, 5) is 0. The zero-order valence-corrected chi connectivity index (χ0v) is 25.7. The molecule has 0 unspecified atom stereocenters. The highest BCUT2D eigenvalue weighted by Crippen LogP contribution is 2.20. The Morgan fingerprint density at radius 3 is 1.32 bits per heavy atom. The lowest BCUT2D eigenvalue weighted by Crippen LogP contribution is -2.10. The van der Waals surface area contributed by atoms with Gasteiger partial charge in [-0.3, -0.25) is 0 Å². The monoisotopic (exact) mass is 526 g/mol. The highest BCUT2D eigenvalue weighted by molar-refractivity contribution is 4.95. The van der Waals surface area contributed by atoms with Gasteiger partial charge in [-0.15, -0.1) is 0 Å². The minimum absolute atomic E-state index is 0.245. The van der Waals surface area contributed by atoms with Crippen molar-refractivity contribution in [2.24, 2.45) is 0 Å². The fourth-order valence-corrected chi connectivity index (χ4v) is 4.41. The average molecular weight is 527 g/mol. The first kappa shape index (κ1) is 36.1. The normalized spacial score (nSPS) is 12.0. The van der Waals surface area contributed by atoms with Crippen LogP contribution in [0.3, 0.4) is 0 Å². The van der Waals surface area contributed by atoms with Crippen LogP contribution in [0.15, 0.2) is 11.7 Å².